The highest BCUT2D eigenvalue weighted by Gasteiger charge is 2.33. The SMILES string of the molecule is CCOc1ccc(S(=O)(=O)N2CCC(C(=O)OCC(=O)NCc3ccc(Cl)cc3)CC2)cc1. The molecule has 0 saturated carbocycles. The third-order valence-corrected chi connectivity index (χ3v) is 7.47. The lowest BCUT2D eigenvalue weighted by Gasteiger charge is -2.30. The number of nitrogens with one attached hydrogen (secondary N) is 1. The molecule has 0 radical (unpaired) electrons. The van der Waals surface area contributed by atoms with Gasteiger partial charge < -0.3 is 14.8 Å². The molecule has 0 spiro atoms. The van der Waals surface area contributed by atoms with Crippen LogP contribution in [0, 0.1) is 5.92 Å². The number of rotatable bonds is 9. The third kappa shape index (κ3) is 6.93. The molecule has 1 fully saturated rings. The molecule has 0 aromatic heterocycles. The normalized spacial score (nSPS) is 15.1. The van der Waals surface area contributed by atoms with Crippen LogP contribution in [0.15, 0.2) is 53.4 Å². The van der Waals surface area contributed by atoms with E-state index in [1.165, 1.54) is 16.4 Å². The fourth-order valence-corrected chi connectivity index (χ4v) is 5.06. The average Bonchev–Trinajstić information content (AvgIpc) is 2.83. The second-order valence-electron chi connectivity index (χ2n) is 7.59. The summed E-state index contributed by atoms with van der Waals surface area (Å²) in [5, 5.41) is 3.29. The van der Waals surface area contributed by atoms with Crippen LogP contribution in [0.5, 0.6) is 5.75 Å². The van der Waals surface area contributed by atoms with Crippen LogP contribution in [0.25, 0.3) is 0 Å². The van der Waals surface area contributed by atoms with Crippen molar-refractivity contribution < 1.29 is 27.5 Å². The van der Waals surface area contributed by atoms with E-state index in [1.54, 1.807) is 36.4 Å². The van der Waals surface area contributed by atoms with E-state index >= 15 is 0 Å². The zero-order valence-corrected chi connectivity index (χ0v) is 19.9. The van der Waals surface area contributed by atoms with E-state index in [-0.39, 0.29) is 24.6 Å². The largest absolute Gasteiger partial charge is 0.494 e. The van der Waals surface area contributed by atoms with Crippen molar-refractivity contribution in [3.8, 4) is 5.75 Å². The van der Waals surface area contributed by atoms with E-state index in [2.05, 4.69) is 5.32 Å². The lowest BCUT2D eigenvalue weighted by Crippen LogP contribution is -2.41. The van der Waals surface area contributed by atoms with Crippen LogP contribution in [0.3, 0.4) is 0 Å². The van der Waals surface area contributed by atoms with Crippen LogP contribution in [0.4, 0.5) is 0 Å². The second kappa shape index (κ2) is 11.5. The van der Waals surface area contributed by atoms with Crippen LogP contribution >= 0.6 is 11.6 Å². The Balaban J connectivity index is 1.43. The first-order chi connectivity index (χ1) is 15.8. The molecule has 0 bridgehead atoms. The standard InChI is InChI=1S/C23H27ClN2O6S/c1-2-31-20-7-9-21(10-8-20)33(29,30)26-13-11-18(12-14-26)23(28)32-16-22(27)25-15-17-3-5-19(24)6-4-17/h3-10,18H,2,11-16H2,1H3,(H,25,27). The number of ether oxygens (including phenoxy) is 2. The quantitative estimate of drug-likeness (QED) is 0.538. The molecule has 0 atom stereocenters. The van der Waals surface area contributed by atoms with E-state index in [4.69, 9.17) is 21.1 Å². The number of carbonyl (C=O) groups excluding carboxylic acids is 2. The van der Waals surface area contributed by atoms with Gasteiger partial charge in [-0.05, 0) is 61.7 Å². The van der Waals surface area contributed by atoms with Crippen molar-refractivity contribution in [2.45, 2.75) is 31.2 Å². The summed E-state index contributed by atoms with van der Waals surface area (Å²) in [7, 11) is -3.65. The van der Waals surface area contributed by atoms with Gasteiger partial charge in [-0.15, -0.1) is 0 Å². The summed E-state index contributed by atoms with van der Waals surface area (Å²) < 4.78 is 37.6. The lowest BCUT2D eigenvalue weighted by atomic mass is 9.98. The molecular formula is C23H27ClN2O6S. The Hall–Kier alpha value is -2.62. The number of benzene rings is 2. The van der Waals surface area contributed by atoms with E-state index in [0.29, 0.717) is 36.8 Å². The average molecular weight is 495 g/mol. The van der Waals surface area contributed by atoms with Gasteiger partial charge >= 0.3 is 5.97 Å². The van der Waals surface area contributed by atoms with Crippen LogP contribution in [0.1, 0.15) is 25.3 Å². The molecule has 3 rings (SSSR count). The van der Waals surface area contributed by atoms with Gasteiger partial charge in [0.25, 0.3) is 5.91 Å². The summed E-state index contributed by atoms with van der Waals surface area (Å²) >= 11 is 5.83. The first kappa shape index (κ1) is 25.0. The Morgan fingerprint density at radius 3 is 2.30 bits per heavy atom. The molecule has 1 N–H and O–H groups in total. The minimum atomic E-state index is -3.65. The van der Waals surface area contributed by atoms with Gasteiger partial charge in [-0.1, -0.05) is 23.7 Å². The molecule has 1 aliphatic heterocycles. The van der Waals surface area contributed by atoms with Crippen molar-refractivity contribution in [2.75, 3.05) is 26.3 Å². The van der Waals surface area contributed by atoms with Gasteiger partial charge in [-0.2, -0.15) is 4.31 Å². The maximum atomic E-state index is 12.9. The summed E-state index contributed by atoms with van der Waals surface area (Å²) in [6, 6.07) is 13.3. The Morgan fingerprint density at radius 1 is 1.06 bits per heavy atom. The van der Waals surface area contributed by atoms with Gasteiger partial charge in [0.05, 0.1) is 17.4 Å². The fraction of sp³-hybridized carbons (Fsp3) is 0.391. The first-order valence-electron chi connectivity index (χ1n) is 10.7. The van der Waals surface area contributed by atoms with Crippen molar-refractivity contribution in [1.29, 1.82) is 0 Å². The number of amides is 1. The molecule has 0 aliphatic carbocycles. The van der Waals surface area contributed by atoms with Crippen LogP contribution in [0.2, 0.25) is 5.02 Å². The van der Waals surface area contributed by atoms with Gasteiger partial charge in [0, 0.05) is 24.7 Å². The summed E-state index contributed by atoms with van der Waals surface area (Å²) in [6.45, 7) is 2.69. The predicted octanol–water partition coefficient (Wildman–Crippen LogP) is 3.00. The number of esters is 1. The van der Waals surface area contributed by atoms with Crippen molar-refractivity contribution >= 4 is 33.5 Å². The fourth-order valence-electron chi connectivity index (χ4n) is 3.46. The topological polar surface area (TPSA) is 102 Å². The van der Waals surface area contributed by atoms with Crippen molar-refractivity contribution in [2.24, 2.45) is 5.92 Å². The molecule has 0 unspecified atom stereocenters. The molecule has 1 aliphatic rings. The Kier molecular flexibility index (Phi) is 8.71. The van der Waals surface area contributed by atoms with Crippen LogP contribution < -0.4 is 10.1 Å². The highest BCUT2D eigenvalue weighted by molar-refractivity contribution is 7.89. The summed E-state index contributed by atoms with van der Waals surface area (Å²) in [6.07, 6.45) is 0.670. The van der Waals surface area contributed by atoms with Crippen molar-refractivity contribution in [3.63, 3.8) is 0 Å². The number of halogens is 1. The number of hydrogen-bond donors (Lipinski definition) is 1. The summed E-state index contributed by atoms with van der Waals surface area (Å²) in [5.74, 6) is -0.737. The lowest BCUT2D eigenvalue weighted by molar-refractivity contribution is -0.153. The second-order valence-corrected chi connectivity index (χ2v) is 9.97. The molecular weight excluding hydrogens is 468 g/mol. The first-order valence-corrected chi connectivity index (χ1v) is 12.5. The highest BCUT2D eigenvalue weighted by atomic mass is 35.5. The third-order valence-electron chi connectivity index (χ3n) is 5.31. The molecule has 1 saturated heterocycles. The van der Waals surface area contributed by atoms with Crippen LogP contribution in [-0.4, -0.2) is 50.9 Å². The molecule has 2 aromatic rings. The zero-order valence-electron chi connectivity index (χ0n) is 18.3. The van der Waals surface area contributed by atoms with Crippen molar-refractivity contribution in [1.82, 2.24) is 9.62 Å². The Morgan fingerprint density at radius 2 is 1.70 bits per heavy atom. The highest BCUT2D eigenvalue weighted by Crippen LogP contribution is 2.25. The minimum Gasteiger partial charge on any atom is -0.494 e. The van der Waals surface area contributed by atoms with Gasteiger partial charge in [0.1, 0.15) is 5.75 Å². The van der Waals surface area contributed by atoms with E-state index < -0.39 is 27.8 Å². The number of carbonyl (C=O) groups is 2. The molecule has 10 heteroatoms. The number of piperidine rings is 1. The van der Waals surface area contributed by atoms with E-state index in [1.807, 2.05) is 6.92 Å². The van der Waals surface area contributed by atoms with Gasteiger partial charge in [-0.3, -0.25) is 9.59 Å². The van der Waals surface area contributed by atoms with Gasteiger partial charge in [-0.25, -0.2) is 8.42 Å². The number of nitrogens with zero attached hydrogens (tertiary/aromatic N) is 1. The van der Waals surface area contributed by atoms with Crippen LogP contribution in [-0.2, 0) is 30.9 Å². The predicted molar refractivity (Wildman–Crippen MR) is 123 cm³/mol. The Bertz CT molecular complexity index is 1050. The summed E-state index contributed by atoms with van der Waals surface area (Å²) in [4.78, 5) is 24.5. The van der Waals surface area contributed by atoms with Gasteiger partial charge in [0.2, 0.25) is 10.0 Å². The molecule has 1 heterocycles. The summed E-state index contributed by atoms with van der Waals surface area (Å²) in [5.41, 5.74) is 0.875. The maximum absolute atomic E-state index is 12.9. The molecule has 33 heavy (non-hydrogen) atoms. The molecule has 1 amide bonds. The number of sulfonamides is 1. The smallest absolute Gasteiger partial charge is 0.309 e. The molecule has 8 nitrogen and oxygen atoms in total. The number of hydrogen-bond acceptors (Lipinski definition) is 6. The van der Waals surface area contributed by atoms with Crippen molar-refractivity contribution in [3.05, 3.63) is 59.1 Å². The molecule has 178 valence electrons. The molecule has 2 aromatic carbocycles. The minimum absolute atomic E-state index is 0.185. The van der Waals surface area contributed by atoms with E-state index in [9.17, 15) is 18.0 Å². The monoisotopic (exact) mass is 494 g/mol. The maximum Gasteiger partial charge on any atom is 0.309 e. The zero-order chi connectivity index (χ0) is 23.8. The van der Waals surface area contributed by atoms with Gasteiger partial charge in [0.15, 0.2) is 6.61 Å². The van der Waals surface area contributed by atoms with E-state index in [0.717, 1.165) is 5.56 Å². The Labute approximate surface area is 198 Å².